The summed E-state index contributed by atoms with van der Waals surface area (Å²) in [6, 6.07) is 6.76. The molecule has 13 heteroatoms. The monoisotopic (exact) mass is 523 g/mol. The number of aryl methyl sites for hydroxylation is 1. The number of amides is 2. The average molecular weight is 524 g/mol. The van der Waals surface area contributed by atoms with Gasteiger partial charge in [0.15, 0.2) is 0 Å². The van der Waals surface area contributed by atoms with Gasteiger partial charge in [-0.1, -0.05) is 29.8 Å². The van der Waals surface area contributed by atoms with Gasteiger partial charge in [-0.2, -0.15) is 31.6 Å². The van der Waals surface area contributed by atoms with Crippen molar-refractivity contribution >= 4 is 29.1 Å². The molecule has 0 bridgehead atoms. The molecule has 0 spiro atoms. The summed E-state index contributed by atoms with van der Waals surface area (Å²) >= 11 is 6.04. The Hall–Kier alpha value is -3.33. The zero-order chi connectivity index (χ0) is 27.0. The van der Waals surface area contributed by atoms with E-state index in [1.54, 1.807) is 0 Å². The molecule has 0 radical (unpaired) electrons. The van der Waals surface area contributed by atoms with Gasteiger partial charge in [-0.15, -0.1) is 0 Å². The highest BCUT2D eigenvalue weighted by Crippen LogP contribution is 2.53. The molecule has 5 nitrogen and oxygen atoms in total. The van der Waals surface area contributed by atoms with Crippen molar-refractivity contribution in [1.29, 1.82) is 5.26 Å². The van der Waals surface area contributed by atoms with Crippen LogP contribution >= 0.6 is 11.6 Å². The van der Waals surface area contributed by atoms with E-state index in [1.165, 1.54) is 32.9 Å². The Kier molecular flexibility index (Phi) is 7.47. The molecule has 35 heavy (non-hydrogen) atoms. The molecule has 2 rings (SSSR count). The summed E-state index contributed by atoms with van der Waals surface area (Å²) in [4.78, 5) is 25.5. The lowest BCUT2D eigenvalue weighted by molar-refractivity contribution is -0.348. The van der Waals surface area contributed by atoms with Gasteiger partial charge in [0.1, 0.15) is 5.54 Å². The van der Waals surface area contributed by atoms with Gasteiger partial charge in [-0.25, -0.2) is 4.39 Å². The van der Waals surface area contributed by atoms with E-state index in [1.807, 2.05) is 6.07 Å². The number of hydrogen-bond donors (Lipinski definition) is 2. The molecule has 188 valence electrons. The number of carbonyl (C=O) groups is 2. The fourth-order valence-electron chi connectivity index (χ4n) is 2.97. The van der Waals surface area contributed by atoms with Gasteiger partial charge >= 0.3 is 18.0 Å². The number of halogens is 8. The highest BCUT2D eigenvalue weighted by molar-refractivity contribution is 6.35. The minimum atomic E-state index is -6.34. The fourth-order valence-corrected chi connectivity index (χ4v) is 3.23. The van der Waals surface area contributed by atoms with Crippen LogP contribution in [-0.4, -0.2) is 29.7 Å². The van der Waals surface area contributed by atoms with E-state index in [4.69, 9.17) is 16.9 Å². The standard InChI is InChI=1S/C22H17ClF7N3O2/c1-11-7-8-12(20(24,21(25,26)27)22(28,29)30)9-15(11)32-17(34)13-5-4-6-14(23)16(13)18(35)33-19(2,3)10-31/h4-9H,1-3H3,(H,32,34)(H,33,35). The average Bonchev–Trinajstić information content (AvgIpc) is 2.72. The van der Waals surface area contributed by atoms with Crippen molar-refractivity contribution < 1.29 is 40.3 Å². The van der Waals surface area contributed by atoms with Crippen LogP contribution in [0.15, 0.2) is 36.4 Å². The Morgan fingerprint density at radius 1 is 0.943 bits per heavy atom. The SMILES string of the molecule is Cc1ccc(C(F)(C(F)(F)F)C(F)(F)F)cc1NC(=O)c1cccc(Cl)c1C(=O)NC(C)(C)C#N. The van der Waals surface area contributed by atoms with Gasteiger partial charge in [0, 0.05) is 11.3 Å². The minimum absolute atomic E-state index is 0.00689. The normalized spacial score (nSPS) is 12.6. The van der Waals surface area contributed by atoms with Crippen molar-refractivity contribution in [3.8, 4) is 6.07 Å². The molecule has 2 amide bonds. The molecule has 0 aliphatic carbocycles. The number of anilines is 1. The molecular weight excluding hydrogens is 507 g/mol. The lowest BCUT2D eigenvalue weighted by atomic mass is 9.92. The smallest absolute Gasteiger partial charge is 0.334 e. The van der Waals surface area contributed by atoms with Crippen LogP contribution in [0, 0.1) is 18.3 Å². The predicted octanol–water partition coefficient (Wildman–Crippen LogP) is 6.22. The summed E-state index contributed by atoms with van der Waals surface area (Å²) in [5, 5.41) is 13.3. The van der Waals surface area contributed by atoms with E-state index in [0.717, 1.165) is 12.1 Å². The van der Waals surface area contributed by atoms with E-state index in [2.05, 4.69) is 10.6 Å². The van der Waals surface area contributed by atoms with Crippen molar-refractivity contribution in [2.45, 2.75) is 44.3 Å². The van der Waals surface area contributed by atoms with Crippen LogP contribution in [-0.2, 0) is 5.67 Å². The molecule has 0 aromatic heterocycles. The van der Waals surface area contributed by atoms with Gasteiger partial charge in [-0.05, 0) is 44.5 Å². The molecule has 0 unspecified atom stereocenters. The van der Waals surface area contributed by atoms with Crippen LogP contribution in [0.1, 0.15) is 45.7 Å². The lowest BCUT2D eigenvalue weighted by Crippen LogP contribution is -2.50. The Bertz CT molecular complexity index is 1190. The first-order chi connectivity index (χ1) is 15.9. The van der Waals surface area contributed by atoms with Crippen LogP contribution in [0.2, 0.25) is 5.02 Å². The van der Waals surface area contributed by atoms with Gasteiger partial charge < -0.3 is 10.6 Å². The number of hydrogen-bond acceptors (Lipinski definition) is 3. The number of nitriles is 1. The quantitative estimate of drug-likeness (QED) is 0.456. The molecule has 0 aliphatic heterocycles. The summed E-state index contributed by atoms with van der Waals surface area (Å²) in [5.74, 6) is -2.06. The second kappa shape index (κ2) is 9.37. The van der Waals surface area contributed by atoms with Crippen molar-refractivity contribution in [2.24, 2.45) is 0 Å². The van der Waals surface area contributed by atoms with Crippen molar-refractivity contribution in [2.75, 3.05) is 5.32 Å². The number of carbonyl (C=O) groups excluding carboxylic acids is 2. The minimum Gasteiger partial charge on any atom is -0.334 e. The van der Waals surface area contributed by atoms with E-state index in [-0.39, 0.29) is 16.7 Å². The predicted molar refractivity (Wildman–Crippen MR) is 113 cm³/mol. The third kappa shape index (κ3) is 5.51. The van der Waals surface area contributed by atoms with E-state index >= 15 is 0 Å². The molecule has 0 aliphatic rings. The molecule has 0 atom stereocenters. The van der Waals surface area contributed by atoms with Gasteiger partial charge in [0.2, 0.25) is 0 Å². The third-order valence-electron chi connectivity index (χ3n) is 4.86. The van der Waals surface area contributed by atoms with Crippen LogP contribution in [0.4, 0.5) is 36.4 Å². The lowest BCUT2D eigenvalue weighted by Gasteiger charge is -2.30. The first-order valence-electron chi connectivity index (χ1n) is 9.63. The van der Waals surface area contributed by atoms with Crippen LogP contribution < -0.4 is 10.6 Å². The molecule has 0 heterocycles. The number of benzene rings is 2. The third-order valence-corrected chi connectivity index (χ3v) is 5.17. The summed E-state index contributed by atoms with van der Waals surface area (Å²) in [6.45, 7) is 3.98. The fraction of sp³-hybridized carbons (Fsp3) is 0.318. The van der Waals surface area contributed by atoms with E-state index in [0.29, 0.717) is 6.07 Å². The summed E-state index contributed by atoms with van der Waals surface area (Å²) in [7, 11) is 0. The first-order valence-corrected chi connectivity index (χ1v) is 10.0. The summed E-state index contributed by atoms with van der Waals surface area (Å²) < 4.78 is 93.3. The molecule has 2 aromatic carbocycles. The Balaban J connectivity index is 2.54. The maximum atomic E-state index is 14.5. The highest BCUT2D eigenvalue weighted by Gasteiger charge is 2.73. The number of nitrogens with one attached hydrogen (secondary N) is 2. The number of rotatable bonds is 5. The van der Waals surface area contributed by atoms with E-state index < -0.39 is 57.8 Å². The number of alkyl halides is 7. The Morgan fingerprint density at radius 2 is 1.51 bits per heavy atom. The van der Waals surface area contributed by atoms with Gasteiger partial charge in [0.25, 0.3) is 11.8 Å². The van der Waals surface area contributed by atoms with Crippen molar-refractivity contribution in [3.05, 3.63) is 63.7 Å². The van der Waals surface area contributed by atoms with Crippen LogP contribution in [0.5, 0.6) is 0 Å². The molecule has 0 saturated heterocycles. The molecule has 2 aromatic rings. The maximum Gasteiger partial charge on any atom is 0.435 e. The van der Waals surface area contributed by atoms with E-state index in [9.17, 15) is 40.3 Å². The summed E-state index contributed by atoms with van der Waals surface area (Å²) in [5.41, 5.74) is -10.2. The zero-order valence-corrected chi connectivity index (χ0v) is 19.0. The molecule has 0 saturated carbocycles. The Morgan fingerprint density at radius 3 is 2.03 bits per heavy atom. The molecule has 2 N–H and O–H groups in total. The zero-order valence-electron chi connectivity index (χ0n) is 18.3. The Labute approximate surface area is 199 Å². The van der Waals surface area contributed by atoms with Crippen molar-refractivity contribution in [3.63, 3.8) is 0 Å². The maximum absolute atomic E-state index is 14.5. The van der Waals surface area contributed by atoms with Gasteiger partial charge in [-0.3, -0.25) is 9.59 Å². The van der Waals surface area contributed by atoms with Crippen LogP contribution in [0.25, 0.3) is 0 Å². The second-order valence-corrected chi connectivity index (χ2v) is 8.40. The van der Waals surface area contributed by atoms with Crippen LogP contribution in [0.3, 0.4) is 0 Å². The highest BCUT2D eigenvalue weighted by atomic mass is 35.5. The molecular formula is C22H17ClF7N3O2. The van der Waals surface area contributed by atoms with Crippen molar-refractivity contribution in [1.82, 2.24) is 5.32 Å². The largest absolute Gasteiger partial charge is 0.435 e. The first kappa shape index (κ1) is 27.9. The van der Waals surface area contributed by atoms with Gasteiger partial charge in [0.05, 0.1) is 22.2 Å². The molecule has 0 fully saturated rings. The second-order valence-electron chi connectivity index (χ2n) is 7.99. The topological polar surface area (TPSA) is 82.0 Å². The summed E-state index contributed by atoms with van der Waals surface area (Å²) in [6.07, 6.45) is -12.7. The number of nitrogens with zero attached hydrogens (tertiary/aromatic N) is 1.